The van der Waals surface area contributed by atoms with Crippen molar-refractivity contribution in [3.8, 4) is 0 Å². The van der Waals surface area contributed by atoms with Gasteiger partial charge in [-0.15, -0.1) is 0 Å². The maximum absolute atomic E-state index is 11.3. The molecular formula is C15H19N3O2. The largest absolute Gasteiger partial charge is 0.465 e. The van der Waals surface area contributed by atoms with Crippen LogP contribution in [0.25, 0.3) is 0 Å². The minimum atomic E-state index is -0.322. The van der Waals surface area contributed by atoms with Crippen LogP contribution < -0.4 is 5.32 Å². The van der Waals surface area contributed by atoms with Gasteiger partial charge in [0.1, 0.15) is 0 Å². The Bertz CT molecular complexity index is 561. The van der Waals surface area contributed by atoms with E-state index < -0.39 is 0 Å². The van der Waals surface area contributed by atoms with Crippen molar-refractivity contribution >= 4 is 11.7 Å². The van der Waals surface area contributed by atoms with Crippen LogP contribution in [0.3, 0.4) is 0 Å². The van der Waals surface area contributed by atoms with Crippen LogP contribution in [0.2, 0.25) is 0 Å². The molecule has 1 aromatic heterocycles. The van der Waals surface area contributed by atoms with Gasteiger partial charge < -0.3 is 10.1 Å². The molecule has 0 saturated carbocycles. The molecule has 0 atom stereocenters. The molecule has 0 aliphatic carbocycles. The summed E-state index contributed by atoms with van der Waals surface area (Å²) in [6.07, 6.45) is 2.87. The molecule has 0 fully saturated rings. The van der Waals surface area contributed by atoms with E-state index in [0.29, 0.717) is 12.1 Å². The summed E-state index contributed by atoms with van der Waals surface area (Å²) in [5.41, 5.74) is 2.65. The summed E-state index contributed by atoms with van der Waals surface area (Å²) in [6, 6.07) is 9.24. The zero-order chi connectivity index (χ0) is 14.4. The molecular weight excluding hydrogens is 254 g/mol. The number of rotatable bonds is 6. The number of ether oxygens (including phenoxy) is 1. The predicted octanol–water partition coefficient (Wildman–Crippen LogP) is 2.69. The number of aromatic nitrogens is 2. The molecule has 0 bridgehead atoms. The van der Waals surface area contributed by atoms with E-state index in [9.17, 15) is 4.79 Å². The minimum absolute atomic E-state index is 0.322. The van der Waals surface area contributed by atoms with Crippen molar-refractivity contribution in [3.05, 3.63) is 47.8 Å². The Kier molecular flexibility index (Phi) is 4.76. The smallest absolute Gasteiger partial charge is 0.337 e. The summed E-state index contributed by atoms with van der Waals surface area (Å²) in [5, 5.41) is 7.60. The number of aryl methyl sites for hydroxylation is 1. The number of hydrogen-bond acceptors (Lipinski definition) is 4. The first-order chi connectivity index (χ1) is 9.74. The molecule has 20 heavy (non-hydrogen) atoms. The van der Waals surface area contributed by atoms with Gasteiger partial charge in [0.2, 0.25) is 0 Å². The number of carbonyl (C=O) groups excluding carboxylic acids is 1. The van der Waals surface area contributed by atoms with Crippen molar-refractivity contribution in [2.75, 3.05) is 12.4 Å². The SMILES string of the molecule is CCCn1nccc1CNc1ccc(C(=O)OC)cc1. The maximum Gasteiger partial charge on any atom is 0.337 e. The van der Waals surface area contributed by atoms with E-state index in [-0.39, 0.29) is 5.97 Å². The van der Waals surface area contributed by atoms with E-state index in [4.69, 9.17) is 0 Å². The van der Waals surface area contributed by atoms with Crippen LogP contribution in [-0.2, 0) is 17.8 Å². The molecule has 1 aromatic carbocycles. The van der Waals surface area contributed by atoms with Gasteiger partial charge in [0, 0.05) is 18.4 Å². The van der Waals surface area contributed by atoms with Crippen molar-refractivity contribution in [2.24, 2.45) is 0 Å². The number of nitrogens with one attached hydrogen (secondary N) is 1. The van der Waals surface area contributed by atoms with Gasteiger partial charge in [-0.1, -0.05) is 6.92 Å². The lowest BCUT2D eigenvalue weighted by Crippen LogP contribution is -2.09. The van der Waals surface area contributed by atoms with Gasteiger partial charge in [-0.3, -0.25) is 4.68 Å². The lowest BCUT2D eigenvalue weighted by molar-refractivity contribution is 0.0601. The fourth-order valence-corrected chi connectivity index (χ4v) is 1.96. The first kappa shape index (κ1) is 14.1. The Hall–Kier alpha value is -2.30. The highest BCUT2D eigenvalue weighted by molar-refractivity contribution is 5.89. The lowest BCUT2D eigenvalue weighted by Gasteiger charge is -2.09. The fraction of sp³-hybridized carbons (Fsp3) is 0.333. The monoisotopic (exact) mass is 273 g/mol. The molecule has 0 amide bonds. The Balaban J connectivity index is 1.97. The molecule has 0 aliphatic rings. The average molecular weight is 273 g/mol. The third-order valence-corrected chi connectivity index (χ3v) is 3.02. The van der Waals surface area contributed by atoms with Crippen molar-refractivity contribution in [2.45, 2.75) is 26.4 Å². The highest BCUT2D eigenvalue weighted by atomic mass is 16.5. The zero-order valence-electron chi connectivity index (χ0n) is 11.8. The summed E-state index contributed by atoms with van der Waals surface area (Å²) in [4.78, 5) is 11.3. The van der Waals surface area contributed by atoms with Gasteiger partial charge in [0.15, 0.2) is 0 Å². The van der Waals surface area contributed by atoms with Gasteiger partial charge in [0.05, 0.1) is 24.9 Å². The normalized spacial score (nSPS) is 10.3. The molecule has 106 valence electrons. The summed E-state index contributed by atoms with van der Waals surface area (Å²) in [5.74, 6) is -0.322. The summed E-state index contributed by atoms with van der Waals surface area (Å²) in [6.45, 7) is 3.76. The number of nitrogens with zero attached hydrogens (tertiary/aromatic N) is 2. The Morgan fingerprint density at radius 3 is 2.70 bits per heavy atom. The molecule has 0 saturated heterocycles. The van der Waals surface area contributed by atoms with Gasteiger partial charge in [-0.2, -0.15) is 5.10 Å². The number of esters is 1. The molecule has 1 heterocycles. The topological polar surface area (TPSA) is 56.2 Å². The minimum Gasteiger partial charge on any atom is -0.465 e. The second-order valence-corrected chi connectivity index (χ2v) is 4.47. The van der Waals surface area contributed by atoms with E-state index in [1.54, 1.807) is 12.1 Å². The molecule has 0 aliphatic heterocycles. The van der Waals surface area contributed by atoms with Crippen LogP contribution in [0.1, 0.15) is 29.4 Å². The number of hydrogen-bond donors (Lipinski definition) is 1. The third kappa shape index (κ3) is 3.38. The highest BCUT2D eigenvalue weighted by Crippen LogP contribution is 2.12. The quantitative estimate of drug-likeness (QED) is 0.822. The standard InChI is InChI=1S/C15H19N3O2/c1-3-10-18-14(8-9-17-18)11-16-13-6-4-12(5-7-13)15(19)20-2/h4-9,16H,3,10-11H2,1-2H3. The second kappa shape index (κ2) is 6.75. The third-order valence-electron chi connectivity index (χ3n) is 3.02. The summed E-state index contributed by atoms with van der Waals surface area (Å²) in [7, 11) is 1.38. The molecule has 5 nitrogen and oxygen atoms in total. The second-order valence-electron chi connectivity index (χ2n) is 4.47. The first-order valence-electron chi connectivity index (χ1n) is 6.67. The van der Waals surface area contributed by atoms with Gasteiger partial charge in [-0.05, 0) is 36.8 Å². The van der Waals surface area contributed by atoms with Crippen molar-refractivity contribution < 1.29 is 9.53 Å². The molecule has 1 N–H and O–H groups in total. The number of carbonyl (C=O) groups is 1. The Morgan fingerprint density at radius 1 is 1.30 bits per heavy atom. The molecule has 0 radical (unpaired) electrons. The Labute approximate surface area is 118 Å². The molecule has 0 unspecified atom stereocenters. The van der Waals surface area contributed by atoms with E-state index in [1.165, 1.54) is 7.11 Å². The zero-order valence-corrected chi connectivity index (χ0v) is 11.8. The highest BCUT2D eigenvalue weighted by Gasteiger charge is 2.05. The number of anilines is 1. The molecule has 5 heteroatoms. The average Bonchev–Trinajstić information content (AvgIpc) is 2.92. The van der Waals surface area contributed by atoms with Crippen LogP contribution in [0, 0.1) is 0 Å². The maximum atomic E-state index is 11.3. The van der Waals surface area contributed by atoms with E-state index in [1.807, 2.05) is 29.1 Å². The first-order valence-corrected chi connectivity index (χ1v) is 6.67. The fourth-order valence-electron chi connectivity index (χ4n) is 1.96. The van der Waals surface area contributed by atoms with Crippen molar-refractivity contribution in [3.63, 3.8) is 0 Å². The molecule has 2 aromatic rings. The summed E-state index contributed by atoms with van der Waals surface area (Å²) >= 11 is 0. The van der Waals surface area contributed by atoms with Gasteiger partial charge >= 0.3 is 5.97 Å². The van der Waals surface area contributed by atoms with Crippen LogP contribution in [0.4, 0.5) is 5.69 Å². The van der Waals surface area contributed by atoms with Crippen LogP contribution >= 0.6 is 0 Å². The lowest BCUT2D eigenvalue weighted by atomic mass is 10.2. The molecule has 0 spiro atoms. The molecule has 2 rings (SSSR count). The Morgan fingerprint density at radius 2 is 2.05 bits per heavy atom. The number of methoxy groups -OCH3 is 1. The van der Waals surface area contributed by atoms with Gasteiger partial charge in [0.25, 0.3) is 0 Å². The van der Waals surface area contributed by atoms with Crippen molar-refractivity contribution in [1.82, 2.24) is 9.78 Å². The predicted molar refractivity (Wildman–Crippen MR) is 77.6 cm³/mol. The van der Waals surface area contributed by atoms with E-state index >= 15 is 0 Å². The van der Waals surface area contributed by atoms with Gasteiger partial charge in [-0.25, -0.2) is 4.79 Å². The number of benzene rings is 1. The van der Waals surface area contributed by atoms with Crippen molar-refractivity contribution in [1.29, 1.82) is 0 Å². The van der Waals surface area contributed by atoms with Crippen LogP contribution in [-0.4, -0.2) is 22.9 Å². The van der Waals surface area contributed by atoms with Crippen LogP contribution in [0.5, 0.6) is 0 Å². The van der Waals surface area contributed by atoms with Crippen LogP contribution in [0.15, 0.2) is 36.5 Å². The van der Waals surface area contributed by atoms with E-state index in [0.717, 1.165) is 24.3 Å². The summed E-state index contributed by atoms with van der Waals surface area (Å²) < 4.78 is 6.66. The van der Waals surface area contributed by atoms with E-state index in [2.05, 4.69) is 22.1 Å².